The standard InChI is InChI=1S/C20H24N2O5/c1-3-25-16-6-4-15(5-7-16)21-20(24)22-10-8-17(9-11-22)27-18-12-14(2)26-19(23)13-18/h4-7,12-13,17H,3,8-11H2,1-2H3,(H,21,24). The van der Waals surface area contributed by atoms with Crippen molar-refractivity contribution in [2.75, 3.05) is 25.0 Å². The number of carbonyl (C=O) groups is 1. The van der Waals surface area contributed by atoms with Gasteiger partial charge in [0.05, 0.1) is 12.7 Å². The number of hydrogen-bond donors (Lipinski definition) is 1. The number of ether oxygens (including phenoxy) is 2. The maximum absolute atomic E-state index is 12.4. The molecule has 2 heterocycles. The molecule has 1 aromatic heterocycles. The van der Waals surface area contributed by atoms with Crippen LogP contribution in [0.4, 0.5) is 10.5 Å². The maximum Gasteiger partial charge on any atom is 0.339 e. The minimum atomic E-state index is -0.419. The lowest BCUT2D eigenvalue weighted by Gasteiger charge is -2.32. The molecule has 1 aliphatic rings. The van der Waals surface area contributed by atoms with Gasteiger partial charge < -0.3 is 24.1 Å². The summed E-state index contributed by atoms with van der Waals surface area (Å²) in [5, 5.41) is 2.90. The van der Waals surface area contributed by atoms with Crippen LogP contribution in [0.2, 0.25) is 0 Å². The van der Waals surface area contributed by atoms with E-state index in [9.17, 15) is 9.59 Å². The van der Waals surface area contributed by atoms with E-state index in [2.05, 4.69) is 5.32 Å². The second kappa shape index (κ2) is 8.62. The summed E-state index contributed by atoms with van der Waals surface area (Å²) in [5.41, 5.74) is 0.311. The number of anilines is 1. The lowest BCUT2D eigenvalue weighted by atomic mass is 10.1. The third kappa shape index (κ3) is 5.26. The molecule has 0 saturated carbocycles. The number of benzene rings is 1. The number of hydrogen-bond acceptors (Lipinski definition) is 5. The van der Waals surface area contributed by atoms with Gasteiger partial charge in [0, 0.05) is 37.7 Å². The molecule has 0 atom stereocenters. The number of aryl methyl sites for hydroxylation is 1. The van der Waals surface area contributed by atoms with E-state index in [1.165, 1.54) is 6.07 Å². The van der Waals surface area contributed by atoms with Crippen LogP contribution >= 0.6 is 0 Å². The van der Waals surface area contributed by atoms with Gasteiger partial charge in [-0.25, -0.2) is 9.59 Å². The van der Waals surface area contributed by atoms with E-state index in [0.717, 1.165) is 11.4 Å². The Morgan fingerprint density at radius 1 is 1.19 bits per heavy atom. The number of nitrogens with one attached hydrogen (secondary N) is 1. The van der Waals surface area contributed by atoms with Crippen molar-refractivity contribution in [3.05, 3.63) is 52.6 Å². The zero-order valence-corrected chi connectivity index (χ0v) is 15.6. The van der Waals surface area contributed by atoms with Crippen LogP contribution in [0.3, 0.4) is 0 Å². The Balaban J connectivity index is 1.49. The smallest absolute Gasteiger partial charge is 0.339 e. The highest BCUT2D eigenvalue weighted by Crippen LogP contribution is 2.20. The highest BCUT2D eigenvalue weighted by Gasteiger charge is 2.24. The Hall–Kier alpha value is -2.96. The van der Waals surface area contributed by atoms with E-state index in [1.807, 2.05) is 31.2 Å². The highest BCUT2D eigenvalue weighted by atomic mass is 16.5. The Morgan fingerprint density at radius 3 is 2.52 bits per heavy atom. The molecule has 144 valence electrons. The predicted octanol–water partition coefficient (Wildman–Crippen LogP) is 3.42. The van der Waals surface area contributed by atoms with Gasteiger partial charge in [0.25, 0.3) is 0 Å². The Labute approximate surface area is 157 Å². The normalized spacial score (nSPS) is 14.7. The number of likely N-dealkylation sites (tertiary alicyclic amines) is 1. The summed E-state index contributed by atoms with van der Waals surface area (Å²) in [4.78, 5) is 25.6. The molecular weight excluding hydrogens is 348 g/mol. The van der Waals surface area contributed by atoms with E-state index < -0.39 is 5.63 Å². The second-order valence-corrected chi connectivity index (χ2v) is 6.41. The average Bonchev–Trinajstić information content (AvgIpc) is 2.63. The minimum absolute atomic E-state index is 0.0271. The van der Waals surface area contributed by atoms with Crippen LogP contribution in [0.5, 0.6) is 11.5 Å². The minimum Gasteiger partial charge on any atom is -0.494 e. The number of piperidine rings is 1. The third-order valence-corrected chi connectivity index (χ3v) is 4.32. The molecule has 7 nitrogen and oxygen atoms in total. The largest absolute Gasteiger partial charge is 0.494 e. The zero-order valence-electron chi connectivity index (χ0n) is 15.6. The van der Waals surface area contributed by atoms with Crippen LogP contribution in [0.15, 0.2) is 45.6 Å². The van der Waals surface area contributed by atoms with Crippen LogP contribution in [0.1, 0.15) is 25.5 Å². The molecule has 1 aliphatic heterocycles. The summed E-state index contributed by atoms with van der Waals surface area (Å²) in [6.07, 6.45) is 1.38. The number of amides is 2. The molecule has 1 fully saturated rings. The SMILES string of the molecule is CCOc1ccc(NC(=O)N2CCC(Oc3cc(C)oc(=O)c3)CC2)cc1. The summed E-state index contributed by atoms with van der Waals surface area (Å²) in [7, 11) is 0. The van der Waals surface area contributed by atoms with Crippen LogP contribution in [0, 0.1) is 6.92 Å². The zero-order chi connectivity index (χ0) is 19.2. The van der Waals surface area contributed by atoms with Gasteiger partial charge in [0.15, 0.2) is 0 Å². The van der Waals surface area contributed by atoms with Crippen molar-refractivity contribution in [2.24, 2.45) is 0 Å². The lowest BCUT2D eigenvalue weighted by molar-refractivity contribution is 0.115. The quantitative estimate of drug-likeness (QED) is 0.870. The topological polar surface area (TPSA) is 81.0 Å². The van der Waals surface area contributed by atoms with Crippen molar-refractivity contribution in [1.29, 1.82) is 0 Å². The first-order valence-electron chi connectivity index (χ1n) is 9.10. The van der Waals surface area contributed by atoms with Crippen molar-refractivity contribution in [3.63, 3.8) is 0 Å². The molecule has 3 rings (SSSR count). The van der Waals surface area contributed by atoms with Gasteiger partial charge in [-0.05, 0) is 38.1 Å². The van der Waals surface area contributed by atoms with Crippen molar-refractivity contribution < 1.29 is 18.7 Å². The fourth-order valence-electron chi connectivity index (χ4n) is 3.02. The second-order valence-electron chi connectivity index (χ2n) is 6.41. The lowest BCUT2D eigenvalue weighted by Crippen LogP contribution is -2.43. The molecule has 2 amide bonds. The molecule has 27 heavy (non-hydrogen) atoms. The number of urea groups is 1. The molecule has 0 radical (unpaired) electrons. The number of rotatable bonds is 5. The summed E-state index contributed by atoms with van der Waals surface area (Å²) < 4.78 is 16.2. The van der Waals surface area contributed by atoms with E-state index in [-0.39, 0.29) is 12.1 Å². The van der Waals surface area contributed by atoms with Gasteiger partial charge in [0.1, 0.15) is 23.4 Å². The fraction of sp³-hybridized carbons (Fsp3) is 0.400. The monoisotopic (exact) mass is 372 g/mol. The van der Waals surface area contributed by atoms with Crippen molar-refractivity contribution >= 4 is 11.7 Å². The van der Waals surface area contributed by atoms with Crippen LogP contribution in [-0.2, 0) is 0 Å². The van der Waals surface area contributed by atoms with Crippen molar-refractivity contribution in [3.8, 4) is 11.5 Å². The Morgan fingerprint density at radius 2 is 1.89 bits per heavy atom. The Kier molecular flexibility index (Phi) is 6.01. The first-order chi connectivity index (χ1) is 13.0. The van der Waals surface area contributed by atoms with Crippen LogP contribution in [-0.4, -0.2) is 36.7 Å². The molecule has 1 N–H and O–H groups in total. The predicted molar refractivity (Wildman–Crippen MR) is 102 cm³/mol. The van der Waals surface area contributed by atoms with Gasteiger partial charge in [-0.1, -0.05) is 0 Å². The average molecular weight is 372 g/mol. The van der Waals surface area contributed by atoms with Crippen molar-refractivity contribution in [2.45, 2.75) is 32.8 Å². The molecule has 1 saturated heterocycles. The molecule has 1 aromatic carbocycles. The molecule has 2 aromatic rings. The van der Waals surface area contributed by atoms with E-state index in [0.29, 0.717) is 44.0 Å². The molecule has 0 spiro atoms. The summed E-state index contributed by atoms with van der Waals surface area (Å²) in [6, 6.07) is 10.2. The van der Waals surface area contributed by atoms with E-state index in [4.69, 9.17) is 13.9 Å². The molecule has 0 aliphatic carbocycles. The van der Waals surface area contributed by atoms with Crippen LogP contribution in [0.25, 0.3) is 0 Å². The van der Waals surface area contributed by atoms with Gasteiger partial charge >= 0.3 is 11.7 Å². The first-order valence-corrected chi connectivity index (χ1v) is 9.10. The molecule has 0 unspecified atom stereocenters. The summed E-state index contributed by atoms with van der Waals surface area (Å²) >= 11 is 0. The van der Waals surface area contributed by atoms with Gasteiger partial charge in [0.2, 0.25) is 0 Å². The van der Waals surface area contributed by atoms with Gasteiger partial charge in [-0.3, -0.25) is 0 Å². The number of carbonyl (C=O) groups excluding carboxylic acids is 1. The first kappa shape index (κ1) is 18.8. The van der Waals surface area contributed by atoms with Gasteiger partial charge in [-0.2, -0.15) is 0 Å². The molecule has 7 heteroatoms. The molecular formula is C20H24N2O5. The fourth-order valence-corrected chi connectivity index (χ4v) is 3.02. The van der Waals surface area contributed by atoms with E-state index >= 15 is 0 Å². The van der Waals surface area contributed by atoms with E-state index in [1.54, 1.807) is 17.9 Å². The van der Waals surface area contributed by atoms with Gasteiger partial charge in [-0.15, -0.1) is 0 Å². The highest BCUT2D eigenvalue weighted by molar-refractivity contribution is 5.89. The summed E-state index contributed by atoms with van der Waals surface area (Å²) in [5.74, 6) is 1.81. The molecule has 0 bridgehead atoms. The third-order valence-electron chi connectivity index (χ3n) is 4.32. The summed E-state index contributed by atoms with van der Waals surface area (Å²) in [6.45, 7) is 5.43. The van der Waals surface area contributed by atoms with Crippen LogP contribution < -0.4 is 20.4 Å². The van der Waals surface area contributed by atoms with Crippen molar-refractivity contribution in [1.82, 2.24) is 4.90 Å². The Bertz CT molecular complexity index is 823. The maximum atomic E-state index is 12.4. The number of nitrogens with zero attached hydrogens (tertiary/aromatic N) is 1.